The van der Waals surface area contributed by atoms with Crippen molar-refractivity contribution in [1.82, 2.24) is 4.90 Å². The summed E-state index contributed by atoms with van der Waals surface area (Å²) >= 11 is 0. The zero-order valence-corrected chi connectivity index (χ0v) is 6.84. The lowest BCUT2D eigenvalue weighted by atomic mass is 10.3. The molecule has 3 N–H and O–H groups in total. The van der Waals surface area contributed by atoms with Crippen LogP contribution in [0.2, 0.25) is 0 Å². The molecule has 0 bridgehead atoms. The fourth-order valence-corrected chi connectivity index (χ4v) is 1.44. The maximum Gasteiger partial charge on any atom is 0.320 e. The summed E-state index contributed by atoms with van der Waals surface area (Å²) in [6.07, 6.45) is -0.797. The van der Waals surface area contributed by atoms with Crippen LogP contribution < -0.4 is 0 Å². The van der Waals surface area contributed by atoms with E-state index in [1.54, 1.807) is 0 Å². The maximum absolute atomic E-state index is 10.5. The summed E-state index contributed by atoms with van der Waals surface area (Å²) in [7, 11) is 0. The molecule has 1 heterocycles. The highest BCUT2D eigenvalue weighted by Gasteiger charge is 2.36. The summed E-state index contributed by atoms with van der Waals surface area (Å²) in [5.41, 5.74) is 0. The number of carboxylic acid groups (broad SMARTS) is 1. The molecule has 0 aliphatic carbocycles. The van der Waals surface area contributed by atoms with Gasteiger partial charge < -0.3 is 15.3 Å². The van der Waals surface area contributed by atoms with Crippen molar-refractivity contribution in [3.8, 4) is 0 Å². The molecule has 5 heteroatoms. The highest BCUT2D eigenvalue weighted by atomic mass is 16.4. The zero-order chi connectivity index (χ0) is 9.30. The molecular formula is C7H13NO4. The van der Waals surface area contributed by atoms with Gasteiger partial charge in [-0.1, -0.05) is 0 Å². The van der Waals surface area contributed by atoms with Crippen molar-refractivity contribution in [2.45, 2.75) is 38.3 Å². The van der Waals surface area contributed by atoms with Gasteiger partial charge in [0.15, 0.2) is 0 Å². The van der Waals surface area contributed by atoms with E-state index in [9.17, 15) is 15.0 Å². The molecule has 1 saturated heterocycles. The van der Waals surface area contributed by atoms with Crippen molar-refractivity contribution in [2.75, 3.05) is 0 Å². The Morgan fingerprint density at radius 2 is 1.83 bits per heavy atom. The monoisotopic (exact) mass is 175 g/mol. The SMILES string of the molecule is CC(C(=O)O)N1C(O)CCC1O. The predicted molar refractivity (Wildman–Crippen MR) is 40.2 cm³/mol. The number of hydrogen-bond acceptors (Lipinski definition) is 4. The maximum atomic E-state index is 10.5. The standard InChI is InChI=1S/C7H13NO4/c1-4(7(11)12)8-5(9)2-3-6(8)10/h4-6,9-10H,2-3H2,1H3,(H,11,12). The second-order valence-electron chi connectivity index (χ2n) is 3.00. The molecule has 1 fully saturated rings. The van der Waals surface area contributed by atoms with E-state index in [1.807, 2.05) is 0 Å². The summed E-state index contributed by atoms with van der Waals surface area (Å²) in [6.45, 7) is 1.44. The van der Waals surface area contributed by atoms with Gasteiger partial charge in [0.1, 0.15) is 18.5 Å². The topological polar surface area (TPSA) is 81.0 Å². The molecule has 0 radical (unpaired) electrons. The van der Waals surface area contributed by atoms with Gasteiger partial charge in [-0.15, -0.1) is 0 Å². The van der Waals surface area contributed by atoms with Crippen molar-refractivity contribution >= 4 is 5.97 Å². The molecule has 1 rings (SSSR count). The smallest absolute Gasteiger partial charge is 0.320 e. The highest BCUT2D eigenvalue weighted by Crippen LogP contribution is 2.22. The minimum Gasteiger partial charge on any atom is -0.480 e. The van der Waals surface area contributed by atoms with Crippen LogP contribution in [0.3, 0.4) is 0 Å². The molecule has 0 spiro atoms. The Hall–Kier alpha value is -0.650. The molecule has 3 atom stereocenters. The molecule has 0 amide bonds. The van der Waals surface area contributed by atoms with Gasteiger partial charge in [0.05, 0.1) is 0 Å². The normalized spacial score (nSPS) is 33.6. The van der Waals surface area contributed by atoms with Crippen LogP contribution in [-0.4, -0.2) is 44.7 Å². The number of carboxylic acids is 1. The van der Waals surface area contributed by atoms with Gasteiger partial charge >= 0.3 is 5.97 Å². The van der Waals surface area contributed by atoms with Gasteiger partial charge in [-0.2, -0.15) is 0 Å². The van der Waals surface area contributed by atoms with Gasteiger partial charge in [0, 0.05) is 0 Å². The first-order valence-corrected chi connectivity index (χ1v) is 3.90. The van der Waals surface area contributed by atoms with Crippen molar-refractivity contribution in [1.29, 1.82) is 0 Å². The van der Waals surface area contributed by atoms with Crippen LogP contribution in [0.5, 0.6) is 0 Å². The minimum absolute atomic E-state index is 0.429. The van der Waals surface area contributed by atoms with Gasteiger partial charge in [-0.05, 0) is 19.8 Å². The second-order valence-corrected chi connectivity index (χ2v) is 3.00. The molecule has 0 aromatic heterocycles. The molecule has 1 aliphatic heterocycles. The van der Waals surface area contributed by atoms with Crippen LogP contribution in [0.15, 0.2) is 0 Å². The summed E-state index contributed by atoms with van der Waals surface area (Å²) in [6, 6.07) is -0.836. The Bertz CT molecular complexity index is 174. The molecule has 0 aromatic rings. The lowest BCUT2D eigenvalue weighted by molar-refractivity contribution is -0.153. The average molecular weight is 175 g/mol. The summed E-state index contributed by atoms with van der Waals surface area (Å²) in [5.74, 6) is -1.03. The third-order valence-corrected chi connectivity index (χ3v) is 2.18. The Kier molecular flexibility index (Phi) is 2.66. The number of aliphatic hydroxyl groups excluding tert-OH is 2. The number of hydrogen-bond donors (Lipinski definition) is 3. The summed E-state index contributed by atoms with van der Waals surface area (Å²) in [4.78, 5) is 11.7. The van der Waals surface area contributed by atoms with Crippen LogP contribution in [0.4, 0.5) is 0 Å². The van der Waals surface area contributed by atoms with Crippen molar-refractivity contribution in [2.24, 2.45) is 0 Å². The molecule has 5 nitrogen and oxygen atoms in total. The number of aliphatic hydroxyl groups is 2. The van der Waals surface area contributed by atoms with Crippen LogP contribution in [0.1, 0.15) is 19.8 Å². The van der Waals surface area contributed by atoms with Crippen molar-refractivity contribution in [3.05, 3.63) is 0 Å². The molecule has 3 unspecified atom stereocenters. The number of carbonyl (C=O) groups is 1. The van der Waals surface area contributed by atoms with Crippen LogP contribution in [0.25, 0.3) is 0 Å². The fourth-order valence-electron chi connectivity index (χ4n) is 1.44. The van der Waals surface area contributed by atoms with E-state index in [-0.39, 0.29) is 0 Å². The Morgan fingerprint density at radius 3 is 2.17 bits per heavy atom. The first kappa shape index (κ1) is 9.44. The van der Waals surface area contributed by atoms with Gasteiger partial charge in [-0.3, -0.25) is 4.79 Å². The lowest BCUT2D eigenvalue weighted by Gasteiger charge is -2.27. The van der Waals surface area contributed by atoms with E-state index in [0.29, 0.717) is 12.8 Å². The number of aliphatic carboxylic acids is 1. The molecule has 70 valence electrons. The van der Waals surface area contributed by atoms with Crippen molar-refractivity contribution in [3.63, 3.8) is 0 Å². The Balaban J connectivity index is 2.65. The highest BCUT2D eigenvalue weighted by molar-refractivity contribution is 5.73. The zero-order valence-electron chi connectivity index (χ0n) is 6.84. The first-order chi connectivity index (χ1) is 5.54. The van der Waals surface area contributed by atoms with E-state index >= 15 is 0 Å². The van der Waals surface area contributed by atoms with E-state index in [4.69, 9.17) is 5.11 Å². The largest absolute Gasteiger partial charge is 0.480 e. The molecule has 1 aliphatic rings. The molecule has 0 aromatic carbocycles. The van der Waals surface area contributed by atoms with E-state index in [2.05, 4.69) is 0 Å². The van der Waals surface area contributed by atoms with Gasteiger partial charge in [0.25, 0.3) is 0 Å². The number of likely N-dealkylation sites (tertiary alicyclic amines) is 1. The predicted octanol–water partition coefficient (Wildman–Crippen LogP) is -0.808. The third-order valence-electron chi connectivity index (χ3n) is 2.18. The summed E-state index contributed by atoms with van der Waals surface area (Å²) in [5, 5.41) is 27.2. The van der Waals surface area contributed by atoms with Crippen LogP contribution in [0, 0.1) is 0 Å². The summed E-state index contributed by atoms with van der Waals surface area (Å²) < 4.78 is 0. The Morgan fingerprint density at radius 1 is 1.42 bits per heavy atom. The third kappa shape index (κ3) is 1.57. The Labute approximate surface area is 70.2 Å². The van der Waals surface area contributed by atoms with Gasteiger partial charge in [0.2, 0.25) is 0 Å². The molecule has 0 saturated carbocycles. The minimum atomic E-state index is -1.03. The molecular weight excluding hydrogens is 162 g/mol. The van der Waals surface area contributed by atoms with E-state index in [1.165, 1.54) is 11.8 Å². The quantitative estimate of drug-likeness (QED) is 0.511. The van der Waals surface area contributed by atoms with E-state index in [0.717, 1.165) is 0 Å². The number of nitrogens with zero attached hydrogens (tertiary/aromatic N) is 1. The van der Waals surface area contributed by atoms with Crippen molar-refractivity contribution < 1.29 is 20.1 Å². The second kappa shape index (κ2) is 3.38. The van der Waals surface area contributed by atoms with Crippen LogP contribution in [-0.2, 0) is 4.79 Å². The lowest BCUT2D eigenvalue weighted by Crippen LogP contribution is -2.46. The number of rotatable bonds is 2. The van der Waals surface area contributed by atoms with E-state index < -0.39 is 24.5 Å². The average Bonchev–Trinajstić information content (AvgIpc) is 2.30. The fraction of sp³-hybridized carbons (Fsp3) is 0.857. The molecule has 12 heavy (non-hydrogen) atoms. The van der Waals surface area contributed by atoms with Crippen LogP contribution >= 0.6 is 0 Å². The van der Waals surface area contributed by atoms with Gasteiger partial charge in [-0.25, -0.2) is 4.90 Å². The first-order valence-electron chi connectivity index (χ1n) is 3.90.